The summed E-state index contributed by atoms with van der Waals surface area (Å²) < 4.78 is 0. The van der Waals surface area contributed by atoms with E-state index in [0.29, 0.717) is 12.5 Å². The number of aliphatic hydroxyl groups is 1. The number of aliphatic hydroxyl groups excluding tert-OH is 1. The molecular formula is C16H25NO. The van der Waals surface area contributed by atoms with Crippen LogP contribution in [0, 0.1) is 5.92 Å². The molecule has 1 N–H and O–H groups in total. The maximum Gasteiger partial charge on any atom is 0.0434 e. The highest BCUT2D eigenvalue weighted by atomic mass is 16.3. The molecule has 0 bridgehead atoms. The third-order valence-electron chi connectivity index (χ3n) is 3.98. The smallest absolute Gasteiger partial charge is 0.0434 e. The van der Waals surface area contributed by atoms with Crippen LogP contribution in [0.15, 0.2) is 30.3 Å². The maximum atomic E-state index is 9.08. The third kappa shape index (κ3) is 3.56. The van der Waals surface area contributed by atoms with Crippen molar-refractivity contribution in [2.24, 2.45) is 5.92 Å². The first kappa shape index (κ1) is 13.6. The van der Waals surface area contributed by atoms with Crippen LogP contribution in [0.2, 0.25) is 0 Å². The van der Waals surface area contributed by atoms with Crippen molar-refractivity contribution in [3.8, 4) is 0 Å². The molecule has 2 heteroatoms. The van der Waals surface area contributed by atoms with Crippen molar-refractivity contribution in [3.05, 3.63) is 35.9 Å². The fraction of sp³-hybridized carbons (Fsp3) is 0.625. The fourth-order valence-corrected chi connectivity index (χ4v) is 2.94. The molecular weight excluding hydrogens is 222 g/mol. The van der Waals surface area contributed by atoms with E-state index in [2.05, 4.69) is 42.2 Å². The van der Waals surface area contributed by atoms with Crippen molar-refractivity contribution >= 4 is 0 Å². The van der Waals surface area contributed by atoms with Gasteiger partial charge in [0, 0.05) is 32.2 Å². The second-order valence-corrected chi connectivity index (χ2v) is 5.49. The molecule has 1 saturated heterocycles. The van der Waals surface area contributed by atoms with E-state index in [4.69, 9.17) is 5.11 Å². The zero-order valence-corrected chi connectivity index (χ0v) is 11.4. The van der Waals surface area contributed by atoms with E-state index >= 15 is 0 Å². The van der Waals surface area contributed by atoms with Crippen molar-refractivity contribution in [1.82, 2.24) is 4.90 Å². The zero-order valence-electron chi connectivity index (χ0n) is 11.4. The molecule has 0 aromatic heterocycles. The minimum atomic E-state index is 0.334. The number of likely N-dealkylation sites (tertiary alicyclic amines) is 1. The molecule has 1 aromatic carbocycles. The lowest BCUT2D eigenvalue weighted by atomic mass is 9.89. The Labute approximate surface area is 111 Å². The molecule has 1 unspecified atom stereocenters. The molecule has 18 heavy (non-hydrogen) atoms. The first-order chi connectivity index (χ1) is 8.83. The number of nitrogens with zero attached hydrogens (tertiary/aromatic N) is 1. The summed E-state index contributed by atoms with van der Waals surface area (Å²) >= 11 is 0. The highest BCUT2D eigenvalue weighted by Crippen LogP contribution is 2.28. The van der Waals surface area contributed by atoms with Gasteiger partial charge in [0.1, 0.15) is 0 Å². The Balaban J connectivity index is 1.75. The Morgan fingerprint density at radius 1 is 1.22 bits per heavy atom. The summed E-state index contributed by atoms with van der Waals surface area (Å²) in [6.07, 6.45) is 3.42. The van der Waals surface area contributed by atoms with Gasteiger partial charge >= 0.3 is 0 Å². The normalized spacial score (nSPS) is 18.6. The van der Waals surface area contributed by atoms with Crippen LogP contribution in [0.25, 0.3) is 0 Å². The summed E-state index contributed by atoms with van der Waals surface area (Å²) in [6.45, 7) is 6.11. The van der Waals surface area contributed by atoms with E-state index in [-0.39, 0.29) is 0 Å². The van der Waals surface area contributed by atoms with E-state index in [1.54, 1.807) is 0 Å². The van der Waals surface area contributed by atoms with Gasteiger partial charge in [-0.1, -0.05) is 43.7 Å². The number of hydrogen-bond acceptors (Lipinski definition) is 2. The molecule has 0 spiro atoms. The van der Waals surface area contributed by atoms with Crippen LogP contribution in [0.4, 0.5) is 0 Å². The van der Waals surface area contributed by atoms with Crippen LogP contribution in [0.3, 0.4) is 0 Å². The van der Waals surface area contributed by atoms with Crippen molar-refractivity contribution < 1.29 is 5.11 Å². The van der Waals surface area contributed by atoms with Gasteiger partial charge in [0.2, 0.25) is 0 Å². The van der Waals surface area contributed by atoms with Gasteiger partial charge in [-0.2, -0.15) is 0 Å². The highest BCUT2D eigenvalue weighted by molar-refractivity contribution is 5.22. The Morgan fingerprint density at radius 2 is 1.94 bits per heavy atom. The van der Waals surface area contributed by atoms with Crippen LogP contribution in [-0.4, -0.2) is 36.2 Å². The van der Waals surface area contributed by atoms with Gasteiger partial charge < -0.3 is 10.0 Å². The Bertz CT molecular complexity index is 326. The monoisotopic (exact) mass is 247 g/mol. The first-order valence-corrected chi connectivity index (χ1v) is 7.21. The van der Waals surface area contributed by atoms with Gasteiger partial charge in [-0.3, -0.25) is 0 Å². The largest absolute Gasteiger partial charge is 0.396 e. The van der Waals surface area contributed by atoms with Gasteiger partial charge in [-0.05, 0) is 24.3 Å². The second-order valence-electron chi connectivity index (χ2n) is 5.49. The van der Waals surface area contributed by atoms with Crippen molar-refractivity contribution in [1.29, 1.82) is 0 Å². The van der Waals surface area contributed by atoms with E-state index in [1.165, 1.54) is 31.5 Å². The molecule has 0 amide bonds. The number of rotatable bonds is 7. The van der Waals surface area contributed by atoms with Crippen LogP contribution in [-0.2, 0) is 0 Å². The summed E-state index contributed by atoms with van der Waals surface area (Å²) in [5, 5.41) is 9.08. The van der Waals surface area contributed by atoms with Crippen LogP contribution in [0.5, 0.6) is 0 Å². The SMILES string of the molecule is CCCC(CCO)CN1CC(c2ccccc2)C1. The Morgan fingerprint density at radius 3 is 2.56 bits per heavy atom. The summed E-state index contributed by atoms with van der Waals surface area (Å²) in [7, 11) is 0. The molecule has 0 saturated carbocycles. The zero-order chi connectivity index (χ0) is 12.8. The van der Waals surface area contributed by atoms with Gasteiger partial charge in [0.05, 0.1) is 0 Å². The molecule has 1 aliphatic rings. The summed E-state index contributed by atoms with van der Waals surface area (Å²) in [6, 6.07) is 10.8. The molecule has 1 aromatic rings. The average Bonchev–Trinajstić information content (AvgIpc) is 2.34. The number of hydrogen-bond donors (Lipinski definition) is 1. The highest BCUT2D eigenvalue weighted by Gasteiger charge is 2.28. The van der Waals surface area contributed by atoms with Crippen molar-refractivity contribution in [2.45, 2.75) is 32.1 Å². The lowest BCUT2D eigenvalue weighted by molar-refractivity contribution is 0.110. The molecule has 1 atom stereocenters. The van der Waals surface area contributed by atoms with Crippen molar-refractivity contribution in [2.75, 3.05) is 26.2 Å². The molecule has 2 nitrogen and oxygen atoms in total. The van der Waals surface area contributed by atoms with Crippen LogP contribution in [0.1, 0.15) is 37.7 Å². The quantitative estimate of drug-likeness (QED) is 0.801. The molecule has 0 aliphatic carbocycles. The van der Waals surface area contributed by atoms with Crippen LogP contribution >= 0.6 is 0 Å². The molecule has 100 valence electrons. The maximum absolute atomic E-state index is 9.08. The van der Waals surface area contributed by atoms with Crippen LogP contribution < -0.4 is 0 Å². The van der Waals surface area contributed by atoms with Gasteiger partial charge in [0.15, 0.2) is 0 Å². The van der Waals surface area contributed by atoms with Crippen molar-refractivity contribution in [3.63, 3.8) is 0 Å². The molecule has 1 heterocycles. The van der Waals surface area contributed by atoms with Gasteiger partial charge in [0.25, 0.3) is 0 Å². The molecule has 1 aliphatic heterocycles. The summed E-state index contributed by atoms with van der Waals surface area (Å²) in [4.78, 5) is 2.54. The standard InChI is InChI=1S/C16H25NO/c1-2-6-14(9-10-18)11-17-12-16(13-17)15-7-4-3-5-8-15/h3-5,7-8,14,16,18H,2,6,9-13H2,1H3. The lowest BCUT2D eigenvalue weighted by Gasteiger charge is -2.41. The average molecular weight is 247 g/mol. The predicted molar refractivity (Wildman–Crippen MR) is 75.7 cm³/mol. The Kier molecular flexibility index (Phi) is 5.21. The van der Waals surface area contributed by atoms with E-state index < -0.39 is 0 Å². The van der Waals surface area contributed by atoms with Gasteiger partial charge in [-0.15, -0.1) is 0 Å². The predicted octanol–water partition coefficient (Wildman–Crippen LogP) is 2.88. The molecule has 2 rings (SSSR count). The minimum Gasteiger partial charge on any atom is -0.396 e. The summed E-state index contributed by atoms with van der Waals surface area (Å²) in [5.74, 6) is 1.40. The van der Waals surface area contributed by atoms with E-state index in [1.807, 2.05) is 0 Å². The topological polar surface area (TPSA) is 23.5 Å². The first-order valence-electron chi connectivity index (χ1n) is 7.21. The minimum absolute atomic E-state index is 0.334. The summed E-state index contributed by atoms with van der Waals surface area (Å²) in [5.41, 5.74) is 1.47. The molecule has 1 fully saturated rings. The Hall–Kier alpha value is -0.860. The fourth-order valence-electron chi connectivity index (χ4n) is 2.94. The van der Waals surface area contributed by atoms with Gasteiger partial charge in [-0.25, -0.2) is 0 Å². The second kappa shape index (κ2) is 6.91. The molecule has 0 radical (unpaired) electrons. The van der Waals surface area contributed by atoms with E-state index in [9.17, 15) is 0 Å². The van der Waals surface area contributed by atoms with E-state index in [0.717, 1.165) is 18.9 Å². The number of benzene rings is 1. The lowest BCUT2D eigenvalue weighted by Crippen LogP contribution is -2.47. The third-order valence-corrected chi connectivity index (χ3v) is 3.98.